The van der Waals surface area contributed by atoms with E-state index in [4.69, 9.17) is 5.73 Å². The summed E-state index contributed by atoms with van der Waals surface area (Å²) in [5, 5.41) is 0.435. The highest BCUT2D eigenvalue weighted by Gasteiger charge is 2.16. The van der Waals surface area contributed by atoms with E-state index in [9.17, 15) is 8.78 Å². The molecule has 0 amide bonds. The number of halogens is 4. The van der Waals surface area contributed by atoms with Gasteiger partial charge in [0.1, 0.15) is 5.82 Å². The van der Waals surface area contributed by atoms with Crippen molar-refractivity contribution in [2.24, 2.45) is 0 Å². The minimum atomic E-state index is -2.50. The second-order valence-corrected chi connectivity index (χ2v) is 3.97. The van der Waals surface area contributed by atoms with Gasteiger partial charge in [-0.25, -0.2) is 13.8 Å². The lowest BCUT2D eigenvalue weighted by atomic mass is 10.2. The fraction of sp³-hybridized carbons (Fsp3) is 0.286. The van der Waals surface area contributed by atoms with Crippen LogP contribution < -0.4 is 5.73 Å². The lowest BCUT2D eigenvalue weighted by molar-refractivity contribution is 0.150. The van der Waals surface area contributed by atoms with Gasteiger partial charge in [-0.2, -0.15) is 0 Å². The van der Waals surface area contributed by atoms with Gasteiger partial charge in [-0.05, 0) is 22.6 Å². The second-order valence-electron chi connectivity index (χ2n) is 2.33. The van der Waals surface area contributed by atoms with Crippen molar-refractivity contribution < 1.29 is 8.78 Å². The van der Waals surface area contributed by atoms with Gasteiger partial charge in [0.15, 0.2) is 0 Å². The summed E-state index contributed by atoms with van der Waals surface area (Å²) in [5.74, 6) is 0.297. The van der Waals surface area contributed by atoms with Crippen molar-refractivity contribution in [1.29, 1.82) is 0 Å². The van der Waals surface area contributed by atoms with Crippen LogP contribution in [0.5, 0.6) is 0 Å². The van der Waals surface area contributed by atoms with Crippen LogP contribution >= 0.6 is 38.5 Å². The van der Waals surface area contributed by atoms with Crippen LogP contribution in [0.1, 0.15) is 17.6 Å². The number of rotatable bonds is 2. The normalized spacial score (nSPS) is 10.8. The first-order valence-electron chi connectivity index (χ1n) is 3.34. The minimum Gasteiger partial charge on any atom is -0.383 e. The zero-order valence-corrected chi connectivity index (χ0v) is 10.1. The summed E-state index contributed by atoms with van der Waals surface area (Å²) in [7, 11) is 0. The van der Waals surface area contributed by atoms with Crippen LogP contribution in [-0.4, -0.2) is 4.98 Å². The molecule has 0 aliphatic carbocycles. The molecule has 0 radical (unpaired) electrons. The van der Waals surface area contributed by atoms with Crippen LogP contribution in [0.2, 0.25) is 0 Å². The molecule has 2 nitrogen and oxygen atoms in total. The lowest BCUT2D eigenvalue weighted by Gasteiger charge is -2.08. The van der Waals surface area contributed by atoms with Crippen LogP contribution in [0.4, 0.5) is 14.6 Å². The highest BCUT2D eigenvalue weighted by molar-refractivity contribution is 14.1. The number of alkyl halides is 3. The Morgan fingerprint density at radius 3 is 2.69 bits per heavy atom. The zero-order chi connectivity index (χ0) is 10.0. The van der Waals surface area contributed by atoms with E-state index in [1.54, 1.807) is 0 Å². The van der Waals surface area contributed by atoms with E-state index < -0.39 is 6.43 Å². The molecule has 13 heavy (non-hydrogen) atoms. The maximum atomic E-state index is 12.4. The van der Waals surface area contributed by atoms with Crippen molar-refractivity contribution in [1.82, 2.24) is 4.98 Å². The first kappa shape index (κ1) is 11.1. The molecule has 0 fully saturated rings. The van der Waals surface area contributed by atoms with Crippen molar-refractivity contribution in [2.45, 2.75) is 11.8 Å². The van der Waals surface area contributed by atoms with Crippen molar-refractivity contribution >= 4 is 44.3 Å². The van der Waals surface area contributed by atoms with Gasteiger partial charge in [0.2, 0.25) is 0 Å². The molecule has 6 heteroatoms. The van der Waals surface area contributed by atoms with Gasteiger partial charge in [0.25, 0.3) is 6.43 Å². The molecule has 0 bridgehead atoms. The highest BCUT2D eigenvalue weighted by Crippen LogP contribution is 2.29. The predicted octanol–water partition coefficient (Wildman–Crippen LogP) is 3.10. The third kappa shape index (κ3) is 2.28. The zero-order valence-electron chi connectivity index (χ0n) is 6.40. The van der Waals surface area contributed by atoms with Crippen LogP contribution in [0.15, 0.2) is 6.20 Å². The third-order valence-electron chi connectivity index (χ3n) is 1.54. The lowest BCUT2D eigenvalue weighted by Crippen LogP contribution is -2.02. The van der Waals surface area contributed by atoms with E-state index in [-0.39, 0.29) is 5.56 Å². The summed E-state index contributed by atoms with van der Waals surface area (Å²) in [6, 6.07) is 0. The Morgan fingerprint density at radius 1 is 1.62 bits per heavy atom. The molecule has 0 saturated heterocycles. The van der Waals surface area contributed by atoms with Crippen molar-refractivity contribution in [3.63, 3.8) is 0 Å². The Labute approximate surface area is 96.2 Å². The molecular weight excluding hydrogens is 357 g/mol. The fourth-order valence-electron chi connectivity index (χ4n) is 0.840. The molecule has 1 rings (SSSR count). The minimum absolute atomic E-state index is 0.0655. The molecule has 0 aliphatic heterocycles. The molecular formula is C7H6BrF2IN2. The van der Waals surface area contributed by atoms with Gasteiger partial charge in [-0.15, -0.1) is 0 Å². The molecule has 0 aromatic carbocycles. The molecule has 2 N–H and O–H groups in total. The average molecular weight is 363 g/mol. The van der Waals surface area contributed by atoms with Crippen LogP contribution in [0.3, 0.4) is 0 Å². The Bertz CT molecular complexity index is 320. The number of hydrogen-bond acceptors (Lipinski definition) is 2. The van der Waals surface area contributed by atoms with Gasteiger partial charge >= 0.3 is 0 Å². The van der Waals surface area contributed by atoms with E-state index >= 15 is 0 Å². The third-order valence-corrected chi connectivity index (χ3v) is 3.37. The molecule has 1 aromatic rings. The van der Waals surface area contributed by atoms with Gasteiger partial charge in [-0.1, -0.05) is 15.9 Å². The number of pyridine rings is 1. The average Bonchev–Trinajstić information content (AvgIpc) is 2.04. The molecule has 0 aliphatic rings. The number of hydrogen-bond donors (Lipinski definition) is 1. The Kier molecular flexibility index (Phi) is 3.84. The van der Waals surface area contributed by atoms with E-state index in [1.807, 2.05) is 22.6 Å². The number of nitrogens with zero attached hydrogens (tertiary/aromatic N) is 1. The summed E-state index contributed by atoms with van der Waals surface area (Å²) in [6.45, 7) is 0. The SMILES string of the molecule is Nc1ncc(C(F)F)c(I)c1CBr. The molecule has 1 heterocycles. The molecule has 0 atom stereocenters. The second kappa shape index (κ2) is 4.50. The number of aromatic nitrogens is 1. The summed E-state index contributed by atoms with van der Waals surface area (Å²) in [4.78, 5) is 3.69. The quantitative estimate of drug-likeness (QED) is 0.648. The van der Waals surface area contributed by atoms with Crippen molar-refractivity contribution in [2.75, 3.05) is 5.73 Å². The summed E-state index contributed by atoms with van der Waals surface area (Å²) >= 11 is 5.02. The van der Waals surface area contributed by atoms with Gasteiger partial charge in [0, 0.05) is 26.2 Å². The monoisotopic (exact) mass is 362 g/mol. The largest absolute Gasteiger partial charge is 0.383 e. The van der Waals surface area contributed by atoms with Crippen molar-refractivity contribution in [3.05, 3.63) is 20.9 Å². The topological polar surface area (TPSA) is 38.9 Å². The maximum absolute atomic E-state index is 12.4. The summed E-state index contributed by atoms with van der Waals surface area (Å²) in [5.41, 5.74) is 6.07. The smallest absolute Gasteiger partial charge is 0.266 e. The van der Waals surface area contributed by atoms with Gasteiger partial charge in [0.05, 0.1) is 0 Å². The van der Waals surface area contributed by atoms with E-state index in [0.29, 0.717) is 20.3 Å². The van der Waals surface area contributed by atoms with E-state index in [1.165, 1.54) is 0 Å². The van der Waals surface area contributed by atoms with Gasteiger partial charge < -0.3 is 5.73 Å². The number of nitrogen functional groups attached to an aromatic ring is 1. The van der Waals surface area contributed by atoms with E-state index in [0.717, 1.165) is 6.20 Å². The summed E-state index contributed by atoms with van der Waals surface area (Å²) < 4.78 is 25.2. The van der Waals surface area contributed by atoms with Crippen LogP contribution in [-0.2, 0) is 5.33 Å². The Hall–Kier alpha value is 0.0200. The molecule has 0 spiro atoms. The maximum Gasteiger partial charge on any atom is 0.266 e. The fourth-order valence-corrected chi connectivity index (χ4v) is 2.77. The first-order valence-corrected chi connectivity index (χ1v) is 5.54. The Morgan fingerprint density at radius 2 is 2.23 bits per heavy atom. The molecule has 1 aromatic heterocycles. The van der Waals surface area contributed by atoms with Crippen molar-refractivity contribution in [3.8, 4) is 0 Å². The predicted molar refractivity (Wildman–Crippen MR) is 59.0 cm³/mol. The molecule has 0 saturated carbocycles. The van der Waals surface area contributed by atoms with Gasteiger partial charge in [-0.3, -0.25) is 0 Å². The van der Waals surface area contributed by atoms with E-state index in [2.05, 4.69) is 20.9 Å². The number of nitrogens with two attached hydrogens (primary N) is 1. The van der Waals surface area contributed by atoms with Crippen LogP contribution in [0.25, 0.3) is 0 Å². The first-order chi connectivity index (χ1) is 6.07. The standard InChI is InChI=1S/C7H6BrF2IN2/c8-1-3-5(11)4(6(9)10)2-13-7(3)12/h2,6H,1H2,(H2,12,13). The highest BCUT2D eigenvalue weighted by atomic mass is 127. The molecule has 0 unspecified atom stereocenters. The van der Waals surface area contributed by atoms with Crippen LogP contribution in [0, 0.1) is 3.57 Å². The summed E-state index contributed by atoms with van der Waals surface area (Å²) in [6.07, 6.45) is -1.38. The number of anilines is 1. The molecule has 72 valence electrons. The Balaban J connectivity index is 3.27.